The van der Waals surface area contributed by atoms with E-state index in [9.17, 15) is 9.90 Å². The number of esters is 1. The van der Waals surface area contributed by atoms with Crippen molar-refractivity contribution in [1.82, 2.24) is 0 Å². The topological polar surface area (TPSA) is 46.5 Å². The molecule has 0 amide bonds. The molecule has 3 nitrogen and oxygen atoms in total. The lowest BCUT2D eigenvalue weighted by Crippen LogP contribution is -2.48. The summed E-state index contributed by atoms with van der Waals surface area (Å²) in [6.07, 6.45) is 8.81. The summed E-state index contributed by atoms with van der Waals surface area (Å²) >= 11 is 0. The van der Waals surface area contributed by atoms with E-state index in [-0.39, 0.29) is 23.2 Å². The van der Waals surface area contributed by atoms with Gasteiger partial charge in [0.15, 0.2) is 0 Å². The molecule has 1 N–H and O–H groups in total. The van der Waals surface area contributed by atoms with Gasteiger partial charge in [0.05, 0.1) is 6.10 Å². The number of hydrogen-bond donors (Lipinski definition) is 1. The Labute approximate surface area is 132 Å². The highest BCUT2D eigenvalue weighted by molar-refractivity contribution is 5.90. The monoisotopic (exact) mass is 300 g/mol. The van der Waals surface area contributed by atoms with Crippen LogP contribution in [0.1, 0.15) is 32.6 Å². The summed E-state index contributed by atoms with van der Waals surface area (Å²) in [6, 6.07) is 0. The second-order valence-electron chi connectivity index (χ2n) is 7.01. The largest absolute Gasteiger partial charge is 0.458 e. The number of carbonyl (C=O) groups excluding carboxylic acids is 1. The third kappa shape index (κ3) is 2.38. The Morgan fingerprint density at radius 2 is 2.23 bits per heavy atom. The van der Waals surface area contributed by atoms with E-state index in [1.165, 1.54) is 0 Å². The van der Waals surface area contributed by atoms with Gasteiger partial charge in [-0.2, -0.15) is 0 Å². The zero-order valence-corrected chi connectivity index (χ0v) is 13.2. The Balaban J connectivity index is 1.82. The number of aliphatic hydroxyl groups excluding tert-OH is 1. The molecule has 1 saturated carbocycles. The van der Waals surface area contributed by atoms with Crippen LogP contribution in [-0.2, 0) is 9.53 Å². The summed E-state index contributed by atoms with van der Waals surface area (Å²) in [5.74, 6) is 0.186. The second-order valence-corrected chi connectivity index (χ2v) is 7.01. The van der Waals surface area contributed by atoms with Gasteiger partial charge < -0.3 is 9.84 Å². The van der Waals surface area contributed by atoms with Gasteiger partial charge in [-0.15, -0.1) is 0 Å². The number of fused-ring (bicyclic) bond motifs is 1. The minimum Gasteiger partial charge on any atom is -0.458 e. The maximum Gasteiger partial charge on any atom is 0.334 e. The van der Waals surface area contributed by atoms with Crippen LogP contribution in [0.2, 0.25) is 0 Å². The van der Waals surface area contributed by atoms with Crippen molar-refractivity contribution in [2.75, 3.05) is 6.61 Å². The van der Waals surface area contributed by atoms with Crippen LogP contribution in [0, 0.1) is 17.3 Å². The highest BCUT2D eigenvalue weighted by Gasteiger charge is 2.50. The summed E-state index contributed by atoms with van der Waals surface area (Å²) in [5, 5.41) is 10.5. The number of ether oxygens (including phenoxy) is 1. The lowest BCUT2D eigenvalue weighted by atomic mass is 9.53. The SMILES string of the molecule is C=C1C[C@@H](O)[C@@H]2C(=C)C=CC[C@@]2(C)[C@@H]1CCC1=CCOC1=O. The predicted octanol–water partition coefficient (Wildman–Crippen LogP) is 3.33. The fraction of sp³-hybridized carbons (Fsp3) is 0.526. The zero-order valence-electron chi connectivity index (χ0n) is 13.2. The predicted molar refractivity (Wildman–Crippen MR) is 86.0 cm³/mol. The van der Waals surface area contributed by atoms with Gasteiger partial charge in [-0.3, -0.25) is 0 Å². The highest BCUT2D eigenvalue weighted by atomic mass is 16.5. The first-order valence-corrected chi connectivity index (χ1v) is 8.00. The van der Waals surface area contributed by atoms with E-state index < -0.39 is 6.10 Å². The fourth-order valence-electron chi connectivity index (χ4n) is 4.59. The second kappa shape index (κ2) is 5.54. The molecule has 0 aromatic rings. The maximum atomic E-state index is 11.6. The van der Waals surface area contributed by atoms with Gasteiger partial charge in [0, 0.05) is 11.5 Å². The smallest absolute Gasteiger partial charge is 0.334 e. The average molecular weight is 300 g/mol. The van der Waals surface area contributed by atoms with E-state index in [0.717, 1.165) is 36.0 Å². The summed E-state index contributed by atoms with van der Waals surface area (Å²) < 4.78 is 4.98. The van der Waals surface area contributed by atoms with E-state index in [1.807, 2.05) is 12.2 Å². The molecule has 3 aliphatic rings. The number of hydrogen-bond acceptors (Lipinski definition) is 3. The number of rotatable bonds is 3. The zero-order chi connectivity index (χ0) is 15.9. The molecule has 1 heterocycles. The van der Waals surface area contributed by atoms with Gasteiger partial charge in [0.2, 0.25) is 0 Å². The van der Waals surface area contributed by atoms with Gasteiger partial charge in [0.1, 0.15) is 6.61 Å². The van der Waals surface area contributed by atoms with Crippen molar-refractivity contribution in [3.8, 4) is 0 Å². The van der Waals surface area contributed by atoms with E-state index in [0.29, 0.717) is 13.0 Å². The summed E-state index contributed by atoms with van der Waals surface area (Å²) in [5.41, 5.74) is 2.83. The molecule has 3 heteroatoms. The Hall–Kier alpha value is -1.61. The van der Waals surface area contributed by atoms with Crippen molar-refractivity contribution in [3.05, 3.63) is 48.1 Å². The average Bonchev–Trinajstić information content (AvgIpc) is 2.83. The first-order valence-electron chi connectivity index (χ1n) is 8.00. The molecule has 1 aliphatic heterocycles. The van der Waals surface area contributed by atoms with Crippen LogP contribution in [-0.4, -0.2) is 23.8 Å². The van der Waals surface area contributed by atoms with E-state index >= 15 is 0 Å². The Morgan fingerprint density at radius 1 is 1.45 bits per heavy atom. The molecule has 0 saturated heterocycles. The molecular weight excluding hydrogens is 276 g/mol. The number of aliphatic hydroxyl groups is 1. The van der Waals surface area contributed by atoms with Crippen LogP contribution in [0.5, 0.6) is 0 Å². The standard InChI is InChI=1S/C19H24O3/c1-12-5-4-9-19(3)15(13(2)11-16(20)17(12)19)7-6-14-8-10-22-18(14)21/h4-5,8,15-17,20H,1-2,6-7,9-11H2,3H3/t15-,16-,17+,19+/m1/s1. The van der Waals surface area contributed by atoms with Crippen LogP contribution in [0.15, 0.2) is 48.1 Å². The van der Waals surface area contributed by atoms with Crippen molar-refractivity contribution in [1.29, 1.82) is 0 Å². The molecule has 0 aromatic heterocycles. The molecule has 0 bridgehead atoms. The Kier molecular flexibility index (Phi) is 3.85. The number of carbonyl (C=O) groups is 1. The molecular formula is C19H24O3. The molecule has 4 atom stereocenters. The normalized spacial score (nSPS) is 37.8. The van der Waals surface area contributed by atoms with Crippen molar-refractivity contribution in [2.45, 2.75) is 38.7 Å². The summed E-state index contributed by atoms with van der Waals surface area (Å²) in [6.45, 7) is 11.0. The molecule has 0 spiro atoms. The van der Waals surface area contributed by atoms with Crippen molar-refractivity contribution >= 4 is 5.97 Å². The van der Waals surface area contributed by atoms with E-state index in [1.54, 1.807) is 0 Å². The third-order valence-corrected chi connectivity index (χ3v) is 5.65. The van der Waals surface area contributed by atoms with Gasteiger partial charge in [-0.05, 0) is 48.7 Å². The lowest BCUT2D eigenvalue weighted by molar-refractivity contribution is -0.136. The summed E-state index contributed by atoms with van der Waals surface area (Å²) in [7, 11) is 0. The van der Waals surface area contributed by atoms with Crippen molar-refractivity contribution in [3.63, 3.8) is 0 Å². The molecule has 3 rings (SSSR count). The first-order chi connectivity index (χ1) is 10.4. The van der Waals surface area contributed by atoms with E-state index in [2.05, 4.69) is 26.2 Å². The van der Waals surface area contributed by atoms with Crippen LogP contribution in [0.3, 0.4) is 0 Å². The van der Waals surface area contributed by atoms with E-state index in [4.69, 9.17) is 4.74 Å². The Bertz CT molecular complexity index is 583. The fourth-order valence-corrected chi connectivity index (χ4v) is 4.59. The van der Waals surface area contributed by atoms with Gasteiger partial charge in [-0.25, -0.2) is 4.79 Å². The summed E-state index contributed by atoms with van der Waals surface area (Å²) in [4.78, 5) is 11.6. The molecule has 22 heavy (non-hydrogen) atoms. The van der Waals surface area contributed by atoms with Gasteiger partial charge >= 0.3 is 5.97 Å². The van der Waals surface area contributed by atoms with Crippen molar-refractivity contribution < 1.29 is 14.6 Å². The molecule has 118 valence electrons. The molecule has 2 aliphatic carbocycles. The highest BCUT2D eigenvalue weighted by Crippen LogP contribution is 2.56. The van der Waals surface area contributed by atoms with Gasteiger partial charge in [-0.1, -0.05) is 37.8 Å². The van der Waals surface area contributed by atoms with Crippen LogP contribution < -0.4 is 0 Å². The van der Waals surface area contributed by atoms with Gasteiger partial charge in [0.25, 0.3) is 0 Å². The lowest BCUT2D eigenvalue weighted by Gasteiger charge is -2.52. The number of allylic oxidation sites excluding steroid dienone is 2. The first kappa shape index (κ1) is 15.3. The van der Waals surface area contributed by atoms with Crippen LogP contribution in [0.4, 0.5) is 0 Å². The van der Waals surface area contributed by atoms with Crippen LogP contribution in [0.25, 0.3) is 0 Å². The number of cyclic esters (lactones) is 1. The van der Waals surface area contributed by atoms with Crippen molar-refractivity contribution in [2.24, 2.45) is 17.3 Å². The molecule has 0 radical (unpaired) electrons. The molecule has 0 unspecified atom stereocenters. The maximum absolute atomic E-state index is 11.6. The quantitative estimate of drug-likeness (QED) is 0.642. The molecule has 1 fully saturated rings. The minimum absolute atomic E-state index is 0.0658. The Morgan fingerprint density at radius 3 is 2.91 bits per heavy atom. The molecule has 0 aromatic carbocycles. The van der Waals surface area contributed by atoms with Crippen LogP contribution >= 0.6 is 0 Å². The third-order valence-electron chi connectivity index (χ3n) is 5.65. The minimum atomic E-state index is -0.401.